The second kappa shape index (κ2) is 10.8. The van der Waals surface area contributed by atoms with Gasteiger partial charge in [-0.15, -0.1) is 11.8 Å². The first-order valence-electron chi connectivity index (χ1n) is 7.82. The van der Waals surface area contributed by atoms with Gasteiger partial charge < -0.3 is 0 Å². The summed E-state index contributed by atoms with van der Waals surface area (Å²) in [6.45, 7) is 0. The van der Waals surface area contributed by atoms with Crippen molar-refractivity contribution in [3.63, 3.8) is 0 Å². The van der Waals surface area contributed by atoms with E-state index >= 15 is 0 Å². The van der Waals surface area contributed by atoms with Crippen molar-refractivity contribution in [3.8, 4) is 23.7 Å². The third-order valence-electron chi connectivity index (χ3n) is 3.44. The summed E-state index contributed by atoms with van der Waals surface area (Å²) >= 11 is 0. The Hall–Kier alpha value is -0.930. The van der Waals surface area contributed by atoms with E-state index in [0.29, 0.717) is 0 Å². The van der Waals surface area contributed by atoms with Crippen molar-refractivity contribution < 1.29 is 8.42 Å². The first-order valence-corrected chi connectivity index (χ1v) is 9.65. The van der Waals surface area contributed by atoms with Crippen molar-refractivity contribution >= 4 is 9.84 Å². The fraction of sp³-hybridized carbons (Fsp3) is 0.765. The minimum atomic E-state index is -3.11. The average Bonchev–Trinajstić information content (AvgIpc) is 2.41. The number of rotatable bonds is 0. The topological polar surface area (TPSA) is 34.1 Å². The monoisotopic (exact) mass is 294 g/mol. The van der Waals surface area contributed by atoms with Crippen molar-refractivity contribution in [1.29, 1.82) is 0 Å². The van der Waals surface area contributed by atoms with Crippen LogP contribution in [0.15, 0.2) is 0 Å². The Morgan fingerprint density at radius 2 is 0.850 bits per heavy atom. The van der Waals surface area contributed by atoms with Gasteiger partial charge in [-0.05, 0) is 12.8 Å². The maximum Gasteiger partial charge on any atom is 0.172 e. The zero-order chi connectivity index (χ0) is 14.5. The molecule has 1 aliphatic rings. The SMILES string of the molecule is O=S1(=O)CC#CCCCCCCCCCCCC#CC1. The fourth-order valence-corrected chi connectivity index (χ4v) is 2.96. The van der Waals surface area contributed by atoms with Crippen LogP contribution in [-0.2, 0) is 9.84 Å². The Morgan fingerprint density at radius 3 is 1.25 bits per heavy atom. The van der Waals surface area contributed by atoms with E-state index in [0.717, 1.165) is 25.7 Å². The maximum absolute atomic E-state index is 11.7. The number of hydrogen-bond donors (Lipinski definition) is 0. The molecule has 0 saturated heterocycles. The van der Waals surface area contributed by atoms with Crippen molar-refractivity contribution in [2.45, 2.75) is 70.6 Å². The molecule has 2 nitrogen and oxygen atoms in total. The van der Waals surface area contributed by atoms with E-state index in [2.05, 4.69) is 23.7 Å². The Morgan fingerprint density at radius 1 is 0.500 bits per heavy atom. The van der Waals surface area contributed by atoms with Gasteiger partial charge in [-0.25, -0.2) is 8.42 Å². The molecule has 1 rings (SSSR count). The Kier molecular flexibility index (Phi) is 9.25. The smallest absolute Gasteiger partial charge is 0.172 e. The van der Waals surface area contributed by atoms with Crippen LogP contribution in [0.2, 0.25) is 0 Å². The summed E-state index contributed by atoms with van der Waals surface area (Å²) in [5.74, 6) is 11.4. The minimum absolute atomic E-state index is 0.0400. The highest BCUT2D eigenvalue weighted by Gasteiger charge is 2.05. The molecule has 0 aliphatic carbocycles. The molecule has 1 heterocycles. The van der Waals surface area contributed by atoms with Gasteiger partial charge in [0.2, 0.25) is 0 Å². The van der Waals surface area contributed by atoms with Crippen LogP contribution in [0.5, 0.6) is 0 Å². The highest BCUT2D eigenvalue weighted by molar-refractivity contribution is 7.91. The van der Waals surface area contributed by atoms with Crippen LogP contribution in [0.25, 0.3) is 0 Å². The third kappa shape index (κ3) is 9.93. The van der Waals surface area contributed by atoms with Crippen LogP contribution in [0.4, 0.5) is 0 Å². The van der Waals surface area contributed by atoms with Gasteiger partial charge in [0.05, 0.1) is 0 Å². The normalized spacial score (nSPS) is 22.2. The van der Waals surface area contributed by atoms with Crippen molar-refractivity contribution in [1.82, 2.24) is 0 Å². The van der Waals surface area contributed by atoms with Gasteiger partial charge in [0.15, 0.2) is 9.84 Å². The van der Waals surface area contributed by atoms with E-state index in [4.69, 9.17) is 0 Å². The van der Waals surface area contributed by atoms with Crippen molar-refractivity contribution in [3.05, 3.63) is 0 Å². The molecule has 0 atom stereocenters. The molecule has 0 saturated carbocycles. The third-order valence-corrected chi connectivity index (χ3v) is 4.61. The largest absolute Gasteiger partial charge is 0.227 e. The lowest BCUT2D eigenvalue weighted by molar-refractivity contribution is 0.563. The standard InChI is InChI=1S/C17H26O2S/c18-20(19)16-14-12-10-8-6-4-2-1-3-5-7-9-11-13-15-17-20/h1-11,16-17H2. The molecular formula is C17H26O2S. The Bertz CT molecular complexity index is 431. The van der Waals surface area contributed by atoms with Gasteiger partial charge in [0.25, 0.3) is 0 Å². The van der Waals surface area contributed by atoms with Crippen LogP contribution >= 0.6 is 0 Å². The van der Waals surface area contributed by atoms with Gasteiger partial charge >= 0.3 is 0 Å². The van der Waals surface area contributed by atoms with Gasteiger partial charge in [0.1, 0.15) is 11.5 Å². The quantitative estimate of drug-likeness (QED) is 0.638. The number of sulfone groups is 1. The van der Waals surface area contributed by atoms with E-state index in [9.17, 15) is 8.42 Å². The van der Waals surface area contributed by atoms with E-state index in [1.165, 1.54) is 44.9 Å². The lowest BCUT2D eigenvalue weighted by Gasteiger charge is -2.01. The van der Waals surface area contributed by atoms with Crippen LogP contribution in [0.1, 0.15) is 70.6 Å². The zero-order valence-electron chi connectivity index (χ0n) is 12.4. The number of hydrogen-bond acceptors (Lipinski definition) is 2. The lowest BCUT2D eigenvalue weighted by Crippen LogP contribution is -2.08. The van der Waals surface area contributed by atoms with Gasteiger partial charge in [-0.3, -0.25) is 0 Å². The minimum Gasteiger partial charge on any atom is -0.227 e. The Balaban J connectivity index is 2.42. The molecule has 1 aliphatic heterocycles. The molecule has 0 N–H and O–H groups in total. The molecule has 20 heavy (non-hydrogen) atoms. The summed E-state index contributed by atoms with van der Waals surface area (Å²) in [6, 6.07) is 0. The molecule has 0 spiro atoms. The second-order valence-corrected chi connectivity index (χ2v) is 7.49. The summed E-state index contributed by atoms with van der Waals surface area (Å²) < 4.78 is 23.3. The predicted octanol–water partition coefficient (Wildman–Crippen LogP) is 3.71. The summed E-state index contributed by atoms with van der Waals surface area (Å²) in [5, 5.41) is 0. The van der Waals surface area contributed by atoms with Crippen LogP contribution < -0.4 is 0 Å². The van der Waals surface area contributed by atoms with Gasteiger partial charge in [0, 0.05) is 12.8 Å². The van der Waals surface area contributed by atoms with Gasteiger partial charge in [-0.2, -0.15) is 0 Å². The molecule has 0 amide bonds. The Labute approximate surface area is 124 Å². The summed E-state index contributed by atoms with van der Waals surface area (Å²) in [7, 11) is -3.11. The molecule has 3 heteroatoms. The second-order valence-electron chi connectivity index (χ2n) is 5.42. The molecular weight excluding hydrogens is 268 g/mol. The highest BCUT2D eigenvalue weighted by Crippen LogP contribution is 2.11. The molecule has 0 radical (unpaired) electrons. The van der Waals surface area contributed by atoms with E-state index in [-0.39, 0.29) is 11.5 Å². The van der Waals surface area contributed by atoms with Crippen LogP contribution in [-0.4, -0.2) is 19.9 Å². The molecule has 0 unspecified atom stereocenters. The molecule has 0 fully saturated rings. The summed E-state index contributed by atoms with van der Waals surface area (Å²) in [5.41, 5.74) is 0. The summed E-state index contributed by atoms with van der Waals surface area (Å²) in [4.78, 5) is 0. The van der Waals surface area contributed by atoms with Crippen molar-refractivity contribution in [2.24, 2.45) is 0 Å². The molecule has 0 bridgehead atoms. The molecule has 112 valence electrons. The average molecular weight is 294 g/mol. The summed E-state index contributed by atoms with van der Waals surface area (Å²) in [6.07, 6.45) is 12.8. The van der Waals surface area contributed by atoms with E-state index in [1.807, 2.05) is 0 Å². The zero-order valence-corrected chi connectivity index (χ0v) is 13.2. The van der Waals surface area contributed by atoms with Crippen molar-refractivity contribution in [2.75, 3.05) is 11.5 Å². The molecule has 0 aromatic heterocycles. The van der Waals surface area contributed by atoms with Gasteiger partial charge in [-0.1, -0.05) is 56.8 Å². The molecule has 0 aromatic rings. The fourth-order valence-electron chi connectivity index (χ4n) is 2.21. The first-order chi connectivity index (χ1) is 9.71. The highest BCUT2D eigenvalue weighted by atomic mass is 32.2. The van der Waals surface area contributed by atoms with Crippen LogP contribution in [0.3, 0.4) is 0 Å². The predicted molar refractivity (Wildman–Crippen MR) is 85.0 cm³/mol. The molecule has 0 aromatic carbocycles. The first kappa shape index (κ1) is 17.1. The lowest BCUT2D eigenvalue weighted by atomic mass is 10.1. The van der Waals surface area contributed by atoms with E-state index < -0.39 is 9.84 Å². The van der Waals surface area contributed by atoms with E-state index in [1.54, 1.807) is 0 Å². The van der Waals surface area contributed by atoms with Crippen LogP contribution in [0, 0.1) is 23.7 Å². The maximum atomic E-state index is 11.7.